The van der Waals surface area contributed by atoms with Gasteiger partial charge in [0.2, 0.25) is 0 Å². The van der Waals surface area contributed by atoms with Crippen LogP contribution in [0.2, 0.25) is 0 Å². The zero-order valence-corrected chi connectivity index (χ0v) is 15.1. The van der Waals surface area contributed by atoms with Crippen LogP contribution in [0.1, 0.15) is 78.1 Å². The second-order valence-corrected chi connectivity index (χ2v) is 9.85. The van der Waals surface area contributed by atoms with Crippen LogP contribution in [0, 0.1) is 34.5 Å². The van der Waals surface area contributed by atoms with Gasteiger partial charge in [-0.25, -0.2) is 0 Å². The van der Waals surface area contributed by atoms with Gasteiger partial charge in [0.15, 0.2) is 5.79 Å². The Balaban J connectivity index is 1.47. The standard InChI is InChI=1S/C21H34O2/c1-19-10-4-3-5-15(19)6-7-16-17(19)8-11-20(2)18(16)9-12-21(20)22-13-14-23-21/h15-18H,3-14H2,1-2H3/t15-,16-,17-,18+,19+,20+/m1/s1. The molecule has 1 aliphatic heterocycles. The molecule has 0 radical (unpaired) electrons. The number of hydrogen-bond acceptors (Lipinski definition) is 2. The molecule has 2 heteroatoms. The second-order valence-electron chi connectivity index (χ2n) is 9.85. The molecule has 2 nitrogen and oxygen atoms in total. The summed E-state index contributed by atoms with van der Waals surface area (Å²) in [5.41, 5.74) is 0.929. The molecule has 0 N–H and O–H groups in total. The maximum absolute atomic E-state index is 6.26. The van der Waals surface area contributed by atoms with Crippen molar-refractivity contribution < 1.29 is 9.47 Å². The number of hydrogen-bond donors (Lipinski definition) is 0. The summed E-state index contributed by atoms with van der Waals surface area (Å²) in [6.45, 7) is 6.82. The first-order chi connectivity index (χ1) is 11.1. The highest BCUT2D eigenvalue weighted by Gasteiger charge is 2.66. The van der Waals surface area contributed by atoms with Crippen LogP contribution in [0.3, 0.4) is 0 Å². The van der Waals surface area contributed by atoms with E-state index in [2.05, 4.69) is 13.8 Å². The Morgan fingerprint density at radius 1 is 0.739 bits per heavy atom. The van der Waals surface area contributed by atoms with Crippen LogP contribution in [-0.4, -0.2) is 19.0 Å². The van der Waals surface area contributed by atoms with Gasteiger partial charge >= 0.3 is 0 Å². The van der Waals surface area contributed by atoms with E-state index in [0.717, 1.165) is 43.3 Å². The summed E-state index contributed by atoms with van der Waals surface area (Å²) in [5, 5.41) is 0. The van der Waals surface area contributed by atoms with Crippen LogP contribution in [0.5, 0.6) is 0 Å². The maximum atomic E-state index is 6.26. The lowest BCUT2D eigenvalue weighted by Gasteiger charge is -2.61. The highest BCUT2D eigenvalue weighted by atomic mass is 16.7. The quantitative estimate of drug-likeness (QED) is 0.614. The summed E-state index contributed by atoms with van der Waals surface area (Å²) in [6.07, 6.45) is 14.2. The predicted octanol–water partition coefficient (Wildman–Crippen LogP) is 5.16. The van der Waals surface area contributed by atoms with Crippen molar-refractivity contribution in [3.8, 4) is 0 Å². The van der Waals surface area contributed by atoms with Crippen molar-refractivity contribution >= 4 is 0 Å². The molecule has 0 unspecified atom stereocenters. The third kappa shape index (κ3) is 1.83. The molecule has 1 spiro atoms. The topological polar surface area (TPSA) is 18.5 Å². The molecule has 5 fully saturated rings. The monoisotopic (exact) mass is 318 g/mol. The minimum Gasteiger partial charge on any atom is -0.347 e. The second kappa shape index (κ2) is 4.97. The molecule has 6 atom stereocenters. The fraction of sp³-hybridized carbons (Fsp3) is 1.00. The molecule has 23 heavy (non-hydrogen) atoms. The highest BCUT2D eigenvalue weighted by Crippen LogP contribution is 2.69. The Hall–Kier alpha value is -0.0800. The fourth-order valence-electron chi connectivity index (χ4n) is 8.18. The number of rotatable bonds is 0. The molecule has 0 aromatic carbocycles. The largest absolute Gasteiger partial charge is 0.347 e. The van der Waals surface area contributed by atoms with E-state index in [1.54, 1.807) is 0 Å². The van der Waals surface area contributed by atoms with E-state index in [-0.39, 0.29) is 11.2 Å². The lowest BCUT2D eigenvalue weighted by atomic mass is 9.45. The molecule has 0 amide bonds. The average molecular weight is 319 g/mol. The molecule has 5 aliphatic rings. The summed E-state index contributed by atoms with van der Waals surface area (Å²) < 4.78 is 12.5. The van der Waals surface area contributed by atoms with E-state index in [0.29, 0.717) is 5.41 Å². The first kappa shape index (κ1) is 15.2. The molecule has 4 aliphatic carbocycles. The van der Waals surface area contributed by atoms with Gasteiger partial charge in [0.05, 0.1) is 13.2 Å². The Bertz CT molecular complexity index is 482. The van der Waals surface area contributed by atoms with E-state index < -0.39 is 0 Å². The molecule has 130 valence electrons. The molecular weight excluding hydrogens is 284 g/mol. The van der Waals surface area contributed by atoms with Crippen LogP contribution in [-0.2, 0) is 9.47 Å². The van der Waals surface area contributed by atoms with E-state index in [1.807, 2.05) is 0 Å². The van der Waals surface area contributed by atoms with E-state index in [1.165, 1.54) is 57.8 Å². The zero-order valence-electron chi connectivity index (χ0n) is 15.1. The van der Waals surface area contributed by atoms with Crippen molar-refractivity contribution in [2.75, 3.05) is 13.2 Å². The highest BCUT2D eigenvalue weighted by molar-refractivity contribution is 5.12. The lowest BCUT2D eigenvalue weighted by molar-refractivity contribution is -0.247. The molecule has 0 aromatic rings. The van der Waals surface area contributed by atoms with Gasteiger partial charge in [0.1, 0.15) is 0 Å². The Morgan fingerprint density at radius 3 is 2.35 bits per heavy atom. The lowest BCUT2D eigenvalue weighted by Crippen LogP contribution is -2.56. The Labute approximate surface area is 141 Å². The molecule has 1 heterocycles. The summed E-state index contributed by atoms with van der Waals surface area (Å²) >= 11 is 0. The maximum Gasteiger partial charge on any atom is 0.174 e. The fourth-order valence-corrected chi connectivity index (χ4v) is 8.18. The Morgan fingerprint density at radius 2 is 1.52 bits per heavy atom. The first-order valence-corrected chi connectivity index (χ1v) is 10.4. The van der Waals surface area contributed by atoms with Crippen LogP contribution in [0.25, 0.3) is 0 Å². The van der Waals surface area contributed by atoms with Crippen LogP contribution >= 0.6 is 0 Å². The minimum atomic E-state index is -0.215. The summed E-state index contributed by atoms with van der Waals surface area (Å²) in [4.78, 5) is 0. The molecule has 4 saturated carbocycles. The third-order valence-corrected chi connectivity index (χ3v) is 9.38. The van der Waals surface area contributed by atoms with Gasteiger partial charge in [-0.2, -0.15) is 0 Å². The molecule has 5 rings (SSSR count). The third-order valence-electron chi connectivity index (χ3n) is 9.38. The molecule has 1 saturated heterocycles. The van der Waals surface area contributed by atoms with Crippen molar-refractivity contribution in [2.45, 2.75) is 83.8 Å². The average Bonchev–Trinajstić information content (AvgIpc) is 3.14. The molecule has 0 aromatic heterocycles. The SMILES string of the molecule is C[C@]12CCCC[C@@H]1CC[C@@H]1[C@H]2CC[C@@]2(C)[C@H]1CCC21OCCO1. The molecular formula is C21H34O2. The van der Waals surface area contributed by atoms with Crippen LogP contribution < -0.4 is 0 Å². The van der Waals surface area contributed by atoms with Gasteiger partial charge in [0, 0.05) is 11.8 Å². The summed E-state index contributed by atoms with van der Waals surface area (Å²) in [5.74, 6) is 3.58. The van der Waals surface area contributed by atoms with E-state index in [9.17, 15) is 0 Å². The number of fused-ring (bicyclic) bond motifs is 6. The normalized spacial score (nSPS) is 54.5. The van der Waals surface area contributed by atoms with Crippen molar-refractivity contribution in [1.29, 1.82) is 0 Å². The van der Waals surface area contributed by atoms with Crippen LogP contribution in [0.4, 0.5) is 0 Å². The summed E-state index contributed by atoms with van der Waals surface area (Å²) in [7, 11) is 0. The Kier molecular flexibility index (Phi) is 3.29. The van der Waals surface area contributed by atoms with Crippen molar-refractivity contribution in [3.63, 3.8) is 0 Å². The van der Waals surface area contributed by atoms with Gasteiger partial charge in [-0.3, -0.25) is 0 Å². The molecule has 0 bridgehead atoms. The van der Waals surface area contributed by atoms with Gasteiger partial charge in [-0.15, -0.1) is 0 Å². The van der Waals surface area contributed by atoms with Gasteiger partial charge in [0.25, 0.3) is 0 Å². The smallest absolute Gasteiger partial charge is 0.174 e. The van der Waals surface area contributed by atoms with Crippen molar-refractivity contribution in [1.82, 2.24) is 0 Å². The van der Waals surface area contributed by atoms with Crippen molar-refractivity contribution in [2.24, 2.45) is 34.5 Å². The van der Waals surface area contributed by atoms with E-state index in [4.69, 9.17) is 9.47 Å². The summed E-state index contributed by atoms with van der Waals surface area (Å²) in [6, 6.07) is 0. The van der Waals surface area contributed by atoms with Gasteiger partial charge < -0.3 is 9.47 Å². The van der Waals surface area contributed by atoms with Gasteiger partial charge in [-0.05, 0) is 74.0 Å². The minimum absolute atomic E-state index is 0.215. The van der Waals surface area contributed by atoms with Crippen molar-refractivity contribution in [3.05, 3.63) is 0 Å². The first-order valence-electron chi connectivity index (χ1n) is 10.4. The predicted molar refractivity (Wildman–Crippen MR) is 91.0 cm³/mol. The van der Waals surface area contributed by atoms with E-state index >= 15 is 0 Å². The number of ether oxygens (including phenoxy) is 2. The van der Waals surface area contributed by atoms with Crippen LogP contribution in [0.15, 0.2) is 0 Å². The van der Waals surface area contributed by atoms with Gasteiger partial charge in [-0.1, -0.05) is 26.7 Å². The zero-order chi connectivity index (χ0) is 15.7.